The molecule has 0 heterocycles. The van der Waals surface area contributed by atoms with Crippen molar-refractivity contribution in [3.05, 3.63) is 0 Å². The summed E-state index contributed by atoms with van der Waals surface area (Å²) >= 11 is 0. The van der Waals surface area contributed by atoms with Crippen LogP contribution in [0.2, 0.25) is 6.04 Å². The van der Waals surface area contributed by atoms with Crippen LogP contribution in [0.1, 0.15) is 33.6 Å². The maximum absolute atomic E-state index is 11.2. The molecule has 17 heavy (non-hydrogen) atoms. The fourth-order valence-electron chi connectivity index (χ4n) is 1.59. The zero-order chi connectivity index (χ0) is 13.1. The second-order valence-electron chi connectivity index (χ2n) is 3.51. The summed E-state index contributed by atoms with van der Waals surface area (Å²) in [6, 6.07) is 0.690. The Morgan fingerprint density at radius 2 is 1.53 bits per heavy atom. The highest BCUT2D eigenvalue weighted by atomic mass is 28.4. The van der Waals surface area contributed by atoms with Gasteiger partial charge in [0.1, 0.15) is 0 Å². The van der Waals surface area contributed by atoms with Gasteiger partial charge in [-0.25, -0.2) is 0 Å². The molecule has 0 aliphatic rings. The van der Waals surface area contributed by atoms with Gasteiger partial charge in [0.25, 0.3) is 0 Å². The average molecular weight is 263 g/mol. The molecule has 0 unspecified atom stereocenters. The summed E-state index contributed by atoms with van der Waals surface area (Å²) in [7, 11) is -0.916. The van der Waals surface area contributed by atoms with Gasteiger partial charge in [0, 0.05) is 39.3 Å². The minimum absolute atomic E-state index is 0.0393. The molecule has 0 saturated carbocycles. The lowest BCUT2D eigenvalue weighted by molar-refractivity contribution is -0.120. The molecule has 0 saturated heterocycles. The molecular weight excluding hydrogens is 238 g/mol. The molecule has 5 nitrogen and oxygen atoms in total. The number of rotatable bonds is 10. The predicted octanol–water partition coefficient (Wildman–Crippen LogP) is 1.56. The number of hydrogen-bond donors (Lipinski definition) is 1. The Balaban J connectivity index is 4.27. The normalized spacial score (nSPS) is 11.5. The lowest BCUT2D eigenvalue weighted by Crippen LogP contribution is -2.46. The van der Waals surface area contributed by atoms with Crippen LogP contribution in [-0.4, -0.2) is 41.6 Å². The smallest absolute Gasteiger partial charge is 0.374 e. The summed E-state index contributed by atoms with van der Waals surface area (Å²) in [5, 5.41) is 2.60. The molecule has 0 atom stereocenters. The number of nitrogens with one attached hydrogen (secondary N) is 1. The van der Waals surface area contributed by atoms with Crippen molar-refractivity contribution < 1.29 is 18.1 Å². The first kappa shape index (κ1) is 16.6. The van der Waals surface area contributed by atoms with E-state index in [9.17, 15) is 4.79 Å². The molecule has 0 aliphatic heterocycles. The molecule has 6 heteroatoms. The maximum atomic E-state index is 11.2. The summed E-state index contributed by atoms with van der Waals surface area (Å²) in [6.45, 7) is 7.51. The number of amides is 1. The van der Waals surface area contributed by atoms with E-state index >= 15 is 0 Å². The van der Waals surface area contributed by atoms with Crippen molar-refractivity contribution in [1.29, 1.82) is 0 Å². The second-order valence-corrected chi connectivity index (χ2v) is 6.24. The molecule has 1 amide bonds. The fraction of sp³-hybridized carbons (Fsp3) is 0.909. The molecule has 0 radical (unpaired) electrons. The van der Waals surface area contributed by atoms with Crippen LogP contribution in [0.25, 0.3) is 0 Å². The van der Waals surface area contributed by atoms with E-state index in [-0.39, 0.29) is 5.91 Å². The van der Waals surface area contributed by atoms with E-state index in [1.54, 1.807) is 7.05 Å². The lowest BCUT2D eigenvalue weighted by Gasteiger charge is -2.28. The van der Waals surface area contributed by atoms with Gasteiger partial charge in [-0.3, -0.25) is 4.79 Å². The number of carbonyl (C=O) groups excluding carboxylic acids is 1. The summed E-state index contributed by atoms with van der Waals surface area (Å²) in [5.41, 5.74) is 0. The summed E-state index contributed by atoms with van der Waals surface area (Å²) in [5.74, 6) is 0.0393. The topological polar surface area (TPSA) is 56.8 Å². The van der Waals surface area contributed by atoms with E-state index in [1.807, 2.05) is 20.8 Å². The van der Waals surface area contributed by atoms with Crippen LogP contribution in [0.4, 0.5) is 0 Å². The quantitative estimate of drug-likeness (QED) is 0.608. The van der Waals surface area contributed by atoms with Gasteiger partial charge in [-0.05, 0) is 27.2 Å². The fourth-order valence-corrected chi connectivity index (χ4v) is 4.20. The Labute approximate surface area is 105 Å². The van der Waals surface area contributed by atoms with Crippen LogP contribution in [0.15, 0.2) is 0 Å². The zero-order valence-electron chi connectivity index (χ0n) is 11.4. The van der Waals surface area contributed by atoms with Crippen molar-refractivity contribution in [1.82, 2.24) is 5.32 Å². The second kappa shape index (κ2) is 9.58. The van der Waals surface area contributed by atoms with Gasteiger partial charge in [0.2, 0.25) is 5.91 Å². The third kappa shape index (κ3) is 6.77. The molecule has 0 aromatic carbocycles. The van der Waals surface area contributed by atoms with E-state index in [2.05, 4.69) is 5.32 Å². The zero-order valence-corrected chi connectivity index (χ0v) is 12.4. The molecule has 0 bridgehead atoms. The highest BCUT2D eigenvalue weighted by molar-refractivity contribution is 6.60. The van der Waals surface area contributed by atoms with E-state index in [1.165, 1.54) is 0 Å². The first-order valence-corrected chi connectivity index (χ1v) is 8.19. The van der Waals surface area contributed by atoms with E-state index in [0.29, 0.717) is 32.3 Å². The summed E-state index contributed by atoms with van der Waals surface area (Å²) in [4.78, 5) is 11.2. The van der Waals surface area contributed by atoms with Gasteiger partial charge >= 0.3 is 8.80 Å². The Hall–Kier alpha value is -0.433. The largest absolute Gasteiger partial charge is 0.500 e. The van der Waals surface area contributed by atoms with Gasteiger partial charge in [-0.1, -0.05) is 0 Å². The van der Waals surface area contributed by atoms with Crippen LogP contribution in [-0.2, 0) is 18.1 Å². The molecule has 0 aliphatic carbocycles. The molecule has 0 spiro atoms. The maximum Gasteiger partial charge on any atom is 0.500 e. The molecular formula is C11H25NO4Si. The predicted molar refractivity (Wildman–Crippen MR) is 68.7 cm³/mol. The van der Waals surface area contributed by atoms with E-state index in [4.69, 9.17) is 13.3 Å². The minimum Gasteiger partial charge on any atom is -0.374 e. The Kier molecular flexibility index (Phi) is 9.34. The van der Waals surface area contributed by atoms with Crippen LogP contribution in [0.3, 0.4) is 0 Å². The number of carbonyl (C=O) groups is 1. The number of hydrogen-bond acceptors (Lipinski definition) is 4. The SMILES string of the molecule is CCO[Si](CCCC(=O)NC)(OCC)OCC. The Morgan fingerprint density at radius 1 is 1.06 bits per heavy atom. The van der Waals surface area contributed by atoms with Gasteiger partial charge in [-0.2, -0.15) is 0 Å². The average Bonchev–Trinajstić information content (AvgIpc) is 2.30. The van der Waals surface area contributed by atoms with Crippen molar-refractivity contribution in [2.75, 3.05) is 26.9 Å². The van der Waals surface area contributed by atoms with Crippen molar-refractivity contribution >= 4 is 14.7 Å². The highest BCUT2D eigenvalue weighted by Gasteiger charge is 2.39. The van der Waals surface area contributed by atoms with Crippen molar-refractivity contribution in [2.45, 2.75) is 39.7 Å². The molecule has 1 N–H and O–H groups in total. The molecule has 0 fully saturated rings. The van der Waals surface area contributed by atoms with Gasteiger partial charge in [0.05, 0.1) is 0 Å². The van der Waals surface area contributed by atoms with Crippen molar-refractivity contribution in [3.8, 4) is 0 Å². The van der Waals surface area contributed by atoms with Gasteiger partial charge < -0.3 is 18.6 Å². The van der Waals surface area contributed by atoms with E-state index < -0.39 is 8.80 Å². The minimum atomic E-state index is -2.56. The standard InChI is InChI=1S/C11H25NO4Si/c1-5-14-17(15-6-2,16-7-3)10-8-9-11(13)12-4/h5-10H2,1-4H3,(H,12,13). The first-order chi connectivity index (χ1) is 8.14. The van der Waals surface area contributed by atoms with Gasteiger partial charge in [-0.15, -0.1) is 0 Å². The summed E-state index contributed by atoms with van der Waals surface area (Å²) < 4.78 is 17.1. The Morgan fingerprint density at radius 3 is 1.88 bits per heavy atom. The van der Waals surface area contributed by atoms with E-state index in [0.717, 1.165) is 6.42 Å². The van der Waals surface area contributed by atoms with Crippen LogP contribution in [0.5, 0.6) is 0 Å². The third-order valence-corrected chi connectivity index (χ3v) is 5.41. The lowest BCUT2D eigenvalue weighted by atomic mass is 10.3. The van der Waals surface area contributed by atoms with Crippen molar-refractivity contribution in [3.63, 3.8) is 0 Å². The first-order valence-electron chi connectivity index (χ1n) is 6.26. The molecule has 0 aromatic heterocycles. The molecule has 0 rings (SSSR count). The van der Waals surface area contributed by atoms with Crippen LogP contribution in [0, 0.1) is 0 Å². The highest BCUT2D eigenvalue weighted by Crippen LogP contribution is 2.19. The van der Waals surface area contributed by atoms with Crippen LogP contribution < -0.4 is 5.32 Å². The monoisotopic (exact) mass is 263 g/mol. The molecule has 102 valence electrons. The van der Waals surface area contributed by atoms with Crippen molar-refractivity contribution in [2.24, 2.45) is 0 Å². The Bertz CT molecular complexity index is 197. The third-order valence-electron chi connectivity index (χ3n) is 2.26. The summed E-state index contributed by atoms with van der Waals surface area (Å²) in [6.07, 6.45) is 1.21. The van der Waals surface area contributed by atoms with Crippen LogP contribution >= 0.6 is 0 Å². The molecule has 0 aromatic rings. The van der Waals surface area contributed by atoms with Gasteiger partial charge in [0.15, 0.2) is 0 Å².